The molecule has 0 fully saturated rings. The van der Waals surface area contributed by atoms with Gasteiger partial charge in [-0.05, 0) is 34.4 Å². The van der Waals surface area contributed by atoms with Gasteiger partial charge in [-0.15, -0.1) is 0 Å². The SMILES string of the molecule is CCC(NC)C(C)(C)NC. The van der Waals surface area contributed by atoms with E-state index in [1.54, 1.807) is 0 Å². The third-order valence-corrected chi connectivity index (χ3v) is 2.27. The van der Waals surface area contributed by atoms with Crippen LogP contribution in [0.4, 0.5) is 0 Å². The van der Waals surface area contributed by atoms with Crippen molar-refractivity contribution in [3.63, 3.8) is 0 Å². The molecule has 2 heteroatoms. The third-order valence-electron chi connectivity index (χ3n) is 2.27. The maximum atomic E-state index is 3.28. The van der Waals surface area contributed by atoms with E-state index < -0.39 is 0 Å². The molecule has 0 saturated carbocycles. The Labute approximate surface area is 64.4 Å². The Kier molecular flexibility index (Phi) is 3.91. The van der Waals surface area contributed by atoms with Crippen LogP contribution >= 0.6 is 0 Å². The molecule has 0 aromatic rings. The Morgan fingerprint density at radius 2 is 1.80 bits per heavy atom. The van der Waals surface area contributed by atoms with Gasteiger partial charge in [-0.2, -0.15) is 0 Å². The minimum atomic E-state index is 0.198. The molecule has 0 heterocycles. The molecule has 0 aliphatic carbocycles. The topological polar surface area (TPSA) is 24.1 Å². The lowest BCUT2D eigenvalue weighted by Crippen LogP contribution is -2.53. The zero-order valence-electron chi connectivity index (χ0n) is 7.78. The van der Waals surface area contributed by atoms with Crippen LogP contribution in [0.1, 0.15) is 27.2 Å². The molecule has 2 nitrogen and oxygen atoms in total. The molecule has 0 aliphatic rings. The summed E-state index contributed by atoms with van der Waals surface area (Å²) in [6.07, 6.45) is 1.16. The second-order valence-electron chi connectivity index (χ2n) is 3.22. The molecule has 0 spiro atoms. The normalized spacial score (nSPS) is 15.3. The van der Waals surface area contributed by atoms with Crippen molar-refractivity contribution in [2.45, 2.75) is 38.8 Å². The molecule has 0 rings (SSSR count). The van der Waals surface area contributed by atoms with E-state index in [9.17, 15) is 0 Å². The number of rotatable bonds is 4. The van der Waals surface area contributed by atoms with Crippen molar-refractivity contribution in [1.29, 1.82) is 0 Å². The smallest absolute Gasteiger partial charge is 0.0275 e. The molecule has 1 atom stereocenters. The van der Waals surface area contributed by atoms with Crippen LogP contribution in [0.5, 0.6) is 0 Å². The van der Waals surface area contributed by atoms with Crippen LogP contribution in [0.15, 0.2) is 0 Å². The first-order chi connectivity index (χ1) is 4.58. The monoisotopic (exact) mass is 144 g/mol. The summed E-state index contributed by atoms with van der Waals surface area (Å²) in [5.41, 5.74) is 0.198. The van der Waals surface area contributed by atoms with Crippen molar-refractivity contribution in [3.8, 4) is 0 Å². The standard InChI is InChI=1S/C8H20N2/c1-6-7(9-4)8(2,3)10-5/h7,9-10H,6H2,1-5H3. The largest absolute Gasteiger partial charge is 0.315 e. The number of hydrogen-bond donors (Lipinski definition) is 2. The molecule has 0 aliphatic heterocycles. The van der Waals surface area contributed by atoms with Crippen molar-refractivity contribution >= 4 is 0 Å². The predicted molar refractivity (Wildman–Crippen MR) is 46.3 cm³/mol. The number of hydrogen-bond acceptors (Lipinski definition) is 2. The van der Waals surface area contributed by atoms with Gasteiger partial charge in [0.15, 0.2) is 0 Å². The van der Waals surface area contributed by atoms with Gasteiger partial charge < -0.3 is 10.6 Å². The van der Waals surface area contributed by atoms with E-state index in [-0.39, 0.29) is 5.54 Å². The average Bonchev–Trinajstić information content (AvgIpc) is 1.90. The summed E-state index contributed by atoms with van der Waals surface area (Å²) in [7, 11) is 4.01. The van der Waals surface area contributed by atoms with Crippen molar-refractivity contribution in [2.75, 3.05) is 14.1 Å². The quantitative estimate of drug-likeness (QED) is 0.614. The summed E-state index contributed by atoms with van der Waals surface area (Å²) in [4.78, 5) is 0. The van der Waals surface area contributed by atoms with Gasteiger partial charge in [0.1, 0.15) is 0 Å². The minimum absolute atomic E-state index is 0.198. The van der Waals surface area contributed by atoms with Gasteiger partial charge in [-0.1, -0.05) is 6.92 Å². The maximum Gasteiger partial charge on any atom is 0.0275 e. The van der Waals surface area contributed by atoms with E-state index in [0.29, 0.717) is 6.04 Å². The van der Waals surface area contributed by atoms with Gasteiger partial charge in [0.25, 0.3) is 0 Å². The van der Waals surface area contributed by atoms with Gasteiger partial charge in [-0.3, -0.25) is 0 Å². The van der Waals surface area contributed by atoms with Crippen LogP contribution < -0.4 is 10.6 Å². The maximum absolute atomic E-state index is 3.28. The molecule has 1 unspecified atom stereocenters. The second kappa shape index (κ2) is 3.94. The molecule has 0 amide bonds. The van der Waals surface area contributed by atoms with Crippen molar-refractivity contribution in [2.24, 2.45) is 0 Å². The van der Waals surface area contributed by atoms with Crippen molar-refractivity contribution in [3.05, 3.63) is 0 Å². The minimum Gasteiger partial charge on any atom is -0.315 e. The Bertz CT molecular complexity index is 85.3. The lowest BCUT2D eigenvalue weighted by Gasteiger charge is -2.33. The highest BCUT2D eigenvalue weighted by Gasteiger charge is 2.23. The Hall–Kier alpha value is -0.0800. The molecule has 0 aromatic carbocycles. The van der Waals surface area contributed by atoms with E-state index in [1.165, 1.54) is 0 Å². The van der Waals surface area contributed by atoms with E-state index >= 15 is 0 Å². The number of likely N-dealkylation sites (N-methyl/N-ethyl adjacent to an activating group) is 2. The first kappa shape index (κ1) is 9.92. The molecule has 0 saturated heterocycles. The van der Waals surface area contributed by atoms with Gasteiger partial charge in [0, 0.05) is 11.6 Å². The van der Waals surface area contributed by atoms with E-state index in [2.05, 4.69) is 31.4 Å². The fraction of sp³-hybridized carbons (Fsp3) is 1.00. The van der Waals surface area contributed by atoms with Gasteiger partial charge in [0.2, 0.25) is 0 Å². The third kappa shape index (κ3) is 2.27. The van der Waals surface area contributed by atoms with Gasteiger partial charge >= 0.3 is 0 Å². The Morgan fingerprint density at radius 1 is 1.30 bits per heavy atom. The summed E-state index contributed by atoms with van der Waals surface area (Å²) < 4.78 is 0. The van der Waals surface area contributed by atoms with Crippen LogP contribution in [-0.4, -0.2) is 25.7 Å². The van der Waals surface area contributed by atoms with E-state index in [4.69, 9.17) is 0 Å². The van der Waals surface area contributed by atoms with Crippen LogP contribution in [0.25, 0.3) is 0 Å². The fourth-order valence-electron chi connectivity index (χ4n) is 1.25. The second-order valence-corrected chi connectivity index (χ2v) is 3.22. The van der Waals surface area contributed by atoms with Crippen LogP contribution in [0, 0.1) is 0 Å². The molecule has 0 radical (unpaired) electrons. The highest BCUT2D eigenvalue weighted by molar-refractivity contribution is 4.88. The van der Waals surface area contributed by atoms with Crippen LogP contribution in [0.3, 0.4) is 0 Å². The summed E-state index contributed by atoms with van der Waals surface area (Å²) in [5.74, 6) is 0. The molecule has 62 valence electrons. The van der Waals surface area contributed by atoms with Gasteiger partial charge in [0.05, 0.1) is 0 Å². The first-order valence-electron chi connectivity index (χ1n) is 3.94. The molecule has 2 N–H and O–H groups in total. The predicted octanol–water partition coefficient (Wildman–Crippen LogP) is 0.982. The molecular formula is C8H20N2. The number of nitrogens with one attached hydrogen (secondary N) is 2. The summed E-state index contributed by atoms with van der Waals surface area (Å²) >= 11 is 0. The van der Waals surface area contributed by atoms with Crippen molar-refractivity contribution < 1.29 is 0 Å². The van der Waals surface area contributed by atoms with Gasteiger partial charge in [-0.25, -0.2) is 0 Å². The summed E-state index contributed by atoms with van der Waals surface area (Å²) in [6.45, 7) is 6.61. The van der Waals surface area contributed by atoms with Crippen LogP contribution in [-0.2, 0) is 0 Å². The summed E-state index contributed by atoms with van der Waals surface area (Å²) in [6, 6.07) is 0.553. The first-order valence-corrected chi connectivity index (χ1v) is 3.94. The van der Waals surface area contributed by atoms with E-state index in [1.807, 2.05) is 14.1 Å². The molecule has 10 heavy (non-hydrogen) atoms. The van der Waals surface area contributed by atoms with Crippen LogP contribution in [0.2, 0.25) is 0 Å². The Balaban J connectivity index is 3.97. The fourth-order valence-corrected chi connectivity index (χ4v) is 1.25. The molecule has 0 aromatic heterocycles. The average molecular weight is 144 g/mol. The highest BCUT2D eigenvalue weighted by Crippen LogP contribution is 2.10. The van der Waals surface area contributed by atoms with Crippen molar-refractivity contribution in [1.82, 2.24) is 10.6 Å². The lowest BCUT2D eigenvalue weighted by atomic mass is 9.93. The highest BCUT2D eigenvalue weighted by atomic mass is 15.0. The summed E-state index contributed by atoms with van der Waals surface area (Å²) in [5, 5.41) is 6.56. The zero-order valence-corrected chi connectivity index (χ0v) is 7.78. The molecular weight excluding hydrogens is 124 g/mol. The molecule has 0 bridgehead atoms. The lowest BCUT2D eigenvalue weighted by molar-refractivity contribution is 0.299. The zero-order chi connectivity index (χ0) is 8.20. The Morgan fingerprint density at radius 3 is 1.90 bits per heavy atom. The van der Waals surface area contributed by atoms with E-state index in [0.717, 1.165) is 6.42 Å².